The minimum absolute atomic E-state index is 0.0144. The molecule has 182 valence electrons. The van der Waals surface area contributed by atoms with Crippen LogP contribution in [0.5, 0.6) is 17.2 Å². The average Bonchev–Trinajstić information content (AvgIpc) is 3.20. The van der Waals surface area contributed by atoms with Crippen molar-refractivity contribution in [3.05, 3.63) is 93.4 Å². The maximum absolute atomic E-state index is 12.5. The van der Waals surface area contributed by atoms with E-state index in [0.29, 0.717) is 30.0 Å². The second-order valence-electron chi connectivity index (χ2n) is 8.75. The van der Waals surface area contributed by atoms with E-state index in [-0.39, 0.29) is 29.7 Å². The molecule has 8 nitrogen and oxygen atoms in total. The summed E-state index contributed by atoms with van der Waals surface area (Å²) < 4.78 is 6.87. The Labute approximate surface area is 203 Å². The third-order valence-corrected chi connectivity index (χ3v) is 5.97. The fourth-order valence-electron chi connectivity index (χ4n) is 4.04. The van der Waals surface area contributed by atoms with Gasteiger partial charge < -0.3 is 20.3 Å². The van der Waals surface area contributed by atoms with Crippen molar-refractivity contribution < 1.29 is 14.9 Å². The maximum Gasteiger partial charge on any atom is 0.343 e. The van der Waals surface area contributed by atoms with Crippen molar-refractivity contribution in [1.29, 1.82) is 0 Å². The summed E-state index contributed by atoms with van der Waals surface area (Å²) in [6, 6.07) is 18.9. The normalized spacial score (nSPS) is 11.2. The van der Waals surface area contributed by atoms with E-state index in [4.69, 9.17) is 4.74 Å². The van der Waals surface area contributed by atoms with Crippen molar-refractivity contribution >= 4 is 0 Å². The first kappa shape index (κ1) is 24.1. The van der Waals surface area contributed by atoms with Crippen LogP contribution in [0.4, 0.5) is 0 Å². The SMILES string of the molecule is COc1ccccc1CNCc1ccc(Cn2c(-c3cc(C(C)C)c(O)cc3O)n[nH]c2=O)cc1. The van der Waals surface area contributed by atoms with E-state index in [1.54, 1.807) is 13.2 Å². The largest absolute Gasteiger partial charge is 0.508 e. The number of nitrogens with zero attached hydrogens (tertiary/aromatic N) is 2. The molecular formula is C27H30N4O4. The van der Waals surface area contributed by atoms with Gasteiger partial charge >= 0.3 is 5.69 Å². The van der Waals surface area contributed by atoms with Crippen molar-refractivity contribution in [3.8, 4) is 28.6 Å². The molecule has 0 aliphatic heterocycles. The lowest BCUT2D eigenvalue weighted by Gasteiger charge is -2.13. The van der Waals surface area contributed by atoms with Crippen molar-refractivity contribution in [2.45, 2.75) is 39.4 Å². The standard InChI is InChI=1S/C27H30N4O4/c1-17(2)21-12-22(24(33)13-23(21)32)26-29-30-27(34)31(26)16-19-10-8-18(9-11-19)14-28-15-20-6-4-5-7-25(20)35-3/h4-13,17,28,32-33H,14-16H2,1-3H3,(H,30,34). The molecule has 3 aromatic carbocycles. The first-order chi connectivity index (χ1) is 16.9. The molecule has 0 bridgehead atoms. The molecule has 4 aromatic rings. The highest BCUT2D eigenvalue weighted by Gasteiger charge is 2.18. The first-order valence-electron chi connectivity index (χ1n) is 11.5. The van der Waals surface area contributed by atoms with Crippen LogP contribution < -0.4 is 15.7 Å². The summed E-state index contributed by atoms with van der Waals surface area (Å²) in [6.07, 6.45) is 0. The summed E-state index contributed by atoms with van der Waals surface area (Å²) in [5, 5.41) is 30.6. The number of ether oxygens (including phenoxy) is 1. The van der Waals surface area contributed by atoms with Crippen molar-refractivity contribution in [2.24, 2.45) is 0 Å². The number of aromatic hydroxyl groups is 2. The smallest absolute Gasteiger partial charge is 0.343 e. The Balaban J connectivity index is 1.48. The zero-order valence-corrected chi connectivity index (χ0v) is 20.1. The lowest BCUT2D eigenvalue weighted by molar-refractivity contribution is 0.407. The Kier molecular flexibility index (Phi) is 7.22. The minimum Gasteiger partial charge on any atom is -0.508 e. The van der Waals surface area contributed by atoms with Crippen LogP contribution in [0.1, 0.15) is 42.0 Å². The zero-order valence-electron chi connectivity index (χ0n) is 20.1. The number of phenolic OH excluding ortho intramolecular Hbond substituents is 2. The molecule has 0 atom stereocenters. The van der Waals surface area contributed by atoms with E-state index in [1.807, 2.05) is 62.4 Å². The van der Waals surface area contributed by atoms with Gasteiger partial charge in [-0.05, 0) is 34.7 Å². The molecule has 4 rings (SSSR count). The number of H-pyrrole nitrogens is 1. The number of hydrogen-bond donors (Lipinski definition) is 4. The highest BCUT2D eigenvalue weighted by atomic mass is 16.5. The van der Waals surface area contributed by atoms with Gasteiger partial charge in [-0.15, -0.1) is 0 Å². The highest BCUT2D eigenvalue weighted by Crippen LogP contribution is 2.36. The predicted molar refractivity (Wildman–Crippen MR) is 135 cm³/mol. The van der Waals surface area contributed by atoms with E-state index >= 15 is 0 Å². The van der Waals surface area contributed by atoms with Gasteiger partial charge in [-0.25, -0.2) is 9.89 Å². The summed E-state index contributed by atoms with van der Waals surface area (Å²) in [5.74, 6) is 1.09. The fraction of sp³-hybridized carbons (Fsp3) is 0.259. The number of nitrogens with one attached hydrogen (secondary N) is 2. The fourth-order valence-corrected chi connectivity index (χ4v) is 4.04. The topological polar surface area (TPSA) is 112 Å². The maximum atomic E-state index is 12.5. The Morgan fingerprint density at radius 2 is 1.71 bits per heavy atom. The molecule has 4 N–H and O–H groups in total. The van der Waals surface area contributed by atoms with Gasteiger partial charge in [0.25, 0.3) is 0 Å². The molecule has 0 aliphatic rings. The second-order valence-corrected chi connectivity index (χ2v) is 8.75. The van der Waals surface area contributed by atoms with Crippen molar-refractivity contribution in [1.82, 2.24) is 20.1 Å². The molecule has 0 spiro atoms. The highest BCUT2D eigenvalue weighted by molar-refractivity contribution is 5.67. The summed E-state index contributed by atoms with van der Waals surface area (Å²) in [7, 11) is 1.67. The predicted octanol–water partition coefficient (Wildman–Crippen LogP) is 4.12. The van der Waals surface area contributed by atoms with E-state index in [1.165, 1.54) is 10.6 Å². The summed E-state index contributed by atoms with van der Waals surface area (Å²) in [5.41, 5.74) is 3.82. The minimum atomic E-state index is -0.374. The van der Waals surface area contributed by atoms with Crippen LogP contribution in [0, 0.1) is 0 Å². The molecule has 0 saturated carbocycles. The van der Waals surface area contributed by atoms with E-state index in [2.05, 4.69) is 15.5 Å². The Morgan fingerprint density at radius 1 is 1.00 bits per heavy atom. The third kappa shape index (κ3) is 5.38. The molecule has 0 amide bonds. The number of phenols is 2. The Bertz CT molecular complexity index is 1360. The lowest BCUT2D eigenvalue weighted by Crippen LogP contribution is -2.18. The quantitative estimate of drug-likeness (QED) is 0.290. The Morgan fingerprint density at radius 3 is 2.43 bits per heavy atom. The summed E-state index contributed by atoms with van der Waals surface area (Å²) in [4.78, 5) is 12.5. The van der Waals surface area contributed by atoms with Gasteiger partial charge in [0.05, 0.1) is 19.2 Å². The van der Waals surface area contributed by atoms with Gasteiger partial charge in [0.15, 0.2) is 5.82 Å². The molecule has 1 heterocycles. The van der Waals surface area contributed by atoms with Crippen LogP contribution in [0.3, 0.4) is 0 Å². The lowest BCUT2D eigenvalue weighted by atomic mass is 9.98. The summed E-state index contributed by atoms with van der Waals surface area (Å²) >= 11 is 0. The van der Waals surface area contributed by atoms with Gasteiger partial charge in [-0.1, -0.05) is 56.3 Å². The third-order valence-electron chi connectivity index (χ3n) is 5.97. The van der Waals surface area contributed by atoms with E-state index < -0.39 is 0 Å². The molecular weight excluding hydrogens is 444 g/mol. The molecule has 0 fully saturated rings. The van der Waals surface area contributed by atoms with Gasteiger partial charge in [-0.3, -0.25) is 4.57 Å². The number of aromatic amines is 1. The van der Waals surface area contributed by atoms with Crippen molar-refractivity contribution in [3.63, 3.8) is 0 Å². The molecule has 0 radical (unpaired) electrons. The van der Waals surface area contributed by atoms with Crippen LogP contribution >= 0.6 is 0 Å². The molecule has 1 aromatic heterocycles. The average molecular weight is 475 g/mol. The number of para-hydroxylation sites is 1. The van der Waals surface area contributed by atoms with Gasteiger partial charge in [0.2, 0.25) is 0 Å². The van der Waals surface area contributed by atoms with Crippen molar-refractivity contribution in [2.75, 3.05) is 7.11 Å². The number of aromatic nitrogens is 3. The molecule has 8 heteroatoms. The summed E-state index contributed by atoms with van der Waals surface area (Å²) in [6.45, 7) is 5.56. The molecule has 0 aliphatic carbocycles. The number of methoxy groups -OCH3 is 1. The molecule has 0 unspecified atom stereocenters. The van der Waals surface area contributed by atoms with E-state index in [0.717, 1.165) is 22.4 Å². The monoisotopic (exact) mass is 474 g/mol. The number of hydrogen-bond acceptors (Lipinski definition) is 6. The first-order valence-corrected chi connectivity index (χ1v) is 11.5. The van der Waals surface area contributed by atoms with Gasteiger partial charge in [0.1, 0.15) is 17.2 Å². The van der Waals surface area contributed by atoms with Gasteiger partial charge in [0, 0.05) is 24.7 Å². The van der Waals surface area contributed by atoms with Crippen LogP contribution in [0.15, 0.2) is 65.5 Å². The van der Waals surface area contributed by atoms with Crippen LogP contribution in [0.2, 0.25) is 0 Å². The van der Waals surface area contributed by atoms with Crippen LogP contribution in [0.25, 0.3) is 11.4 Å². The second kappa shape index (κ2) is 10.5. The van der Waals surface area contributed by atoms with Crippen LogP contribution in [-0.2, 0) is 19.6 Å². The van der Waals surface area contributed by atoms with Crippen LogP contribution in [-0.4, -0.2) is 32.1 Å². The number of rotatable bonds is 9. The molecule has 0 saturated heterocycles. The zero-order chi connectivity index (χ0) is 24.9. The molecule has 35 heavy (non-hydrogen) atoms. The Hall–Kier alpha value is -4.04. The number of benzene rings is 3. The van der Waals surface area contributed by atoms with Gasteiger partial charge in [-0.2, -0.15) is 5.10 Å². The van der Waals surface area contributed by atoms with E-state index in [9.17, 15) is 15.0 Å².